The van der Waals surface area contributed by atoms with Crippen LogP contribution in [0.3, 0.4) is 0 Å². The van der Waals surface area contributed by atoms with Crippen LogP contribution in [0.25, 0.3) is 11.3 Å². The molecule has 0 spiro atoms. The first-order chi connectivity index (χ1) is 14.2. The second-order valence-corrected chi connectivity index (χ2v) is 7.28. The molecule has 5 rings (SSSR count). The van der Waals surface area contributed by atoms with Gasteiger partial charge in [0.2, 0.25) is 0 Å². The number of carbonyl (C=O) groups excluding carboxylic acids is 1. The maximum atomic E-state index is 13.0. The largest absolute Gasteiger partial charge is 0.493 e. The standard InChI is InChI=1S/C21H20N6O2/c22-20-19-21(28)26-17-9-23-6-4-18(17)27-7-5-13(11-27)12-29-15-3-1-2-14(8-15)16(25-19)10-24-20/h1-4,6,8-10,13H,5,7,11-12H2,(H2,22,24)(H,26,28). The van der Waals surface area contributed by atoms with Crippen LogP contribution in [0, 0.1) is 5.92 Å². The molecule has 1 fully saturated rings. The molecular formula is C21H20N6O2. The smallest absolute Gasteiger partial charge is 0.278 e. The fraction of sp³-hybridized carbons (Fsp3) is 0.238. The number of benzene rings is 1. The van der Waals surface area contributed by atoms with Crippen LogP contribution in [0.1, 0.15) is 16.9 Å². The highest BCUT2D eigenvalue weighted by Crippen LogP contribution is 2.31. The molecule has 3 N–H and O–H groups in total. The Balaban J connectivity index is 1.61. The van der Waals surface area contributed by atoms with Crippen LogP contribution < -0.4 is 20.7 Å². The Bertz CT molecular complexity index is 1090. The minimum absolute atomic E-state index is 0.0784. The number of nitrogens with one attached hydrogen (secondary N) is 1. The van der Waals surface area contributed by atoms with Crippen molar-refractivity contribution in [2.45, 2.75) is 6.42 Å². The van der Waals surface area contributed by atoms with Gasteiger partial charge < -0.3 is 20.7 Å². The zero-order valence-electron chi connectivity index (χ0n) is 15.7. The number of aromatic nitrogens is 3. The molecule has 0 aliphatic carbocycles. The predicted octanol–water partition coefficient (Wildman–Crippen LogP) is 2.59. The molecular weight excluding hydrogens is 368 g/mol. The lowest BCUT2D eigenvalue weighted by Crippen LogP contribution is -2.24. The highest BCUT2D eigenvalue weighted by Gasteiger charge is 2.26. The fourth-order valence-electron chi connectivity index (χ4n) is 3.79. The van der Waals surface area contributed by atoms with Gasteiger partial charge in [-0.15, -0.1) is 0 Å². The second kappa shape index (κ2) is 7.05. The SMILES string of the molecule is Nc1ncc2nc1C(=O)Nc1cnccc1N1CCC(COc3cccc-2c3)C1. The van der Waals surface area contributed by atoms with Crippen LogP contribution >= 0.6 is 0 Å². The highest BCUT2D eigenvalue weighted by molar-refractivity contribution is 6.07. The van der Waals surface area contributed by atoms with Crippen molar-refractivity contribution in [3.8, 4) is 17.0 Å². The van der Waals surface area contributed by atoms with Gasteiger partial charge in [0.15, 0.2) is 11.5 Å². The first-order valence-electron chi connectivity index (χ1n) is 9.53. The molecule has 1 amide bonds. The van der Waals surface area contributed by atoms with Crippen molar-refractivity contribution in [2.75, 3.05) is 35.6 Å². The van der Waals surface area contributed by atoms with Gasteiger partial charge in [-0.2, -0.15) is 0 Å². The summed E-state index contributed by atoms with van der Waals surface area (Å²) >= 11 is 0. The average molecular weight is 388 g/mol. The number of hydrogen-bond acceptors (Lipinski definition) is 7. The van der Waals surface area contributed by atoms with Crippen LogP contribution in [0.5, 0.6) is 5.75 Å². The van der Waals surface area contributed by atoms with Crippen LogP contribution in [-0.2, 0) is 0 Å². The zero-order chi connectivity index (χ0) is 19.8. The molecule has 6 bridgehead atoms. The van der Waals surface area contributed by atoms with Crippen LogP contribution in [-0.4, -0.2) is 40.6 Å². The Morgan fingerprint density at radius 1 is 1.24 bits per heavy atom. The summed E-state index contributed by atoms with van der Waals surface area (Å²) in [7, 11) is 0. The number of pyridine rings is 1. The molecule has 1 saturated heterocycles. The van der Waals surface area contributed by atoms with Gasteiger partial charge >= 0.3 is 0 Å². The van der Waals surface area contributed by atoms with E-state index in [1.807, 2.05) is 30.3 Å². The molecule has 0 saturated carbocycles. The van der Waals surface area contributed by atoms with Gasteiger partial charge in [-0.25, -0.2) is 9.97 Å². The van der Waals surface area contributed by atoms with Crippen LogP contribution in [0.4, 0.5) is 17.2 Å². The highest BCUT2D eigenvalue weighted by atomic mass is 16.5. The van der Waals surface area contributed by atoms with Crippen molar-refractivity contribution < 1.29 is 9.53 Å². The maximum absolute atomic E-state index is 13.0. The minimum Gasteiger partial charge on any atom is -0.493 e. The molecule has 1 aromatic carbocycles. The molecule has 2 aliphatic heterocycles. The topological polar surface area (TPSA) is 106 Å². The van der Waals surface area contributed by atoms with Gasteiger partial charge in [0, 0.05) is 30.8 Å². The molecule has 2 aromatic heterocycles. The molecule has 146 valence electrons. The summed E-state index contributed by atoms with van der Waals surface area (Å²) in [6.07, 6.45) is 5.95. The number of fused-ring (bicyclic) bond motifs is 9. The molecule has 1 atom stereocenters. The van der Waals surface area contributed by atoms with Crippen molar-refractivity contribution in [2.24, 2.45) is 5.92 Å². The van der Waals surface area contributed by atoms with Crippen LogP contribution in [0.15, 0.2) is 48.9 Å². The molecule has 1 unspecified atom stereocenters. The zero-order valence-corrected chi connectivity index (χ0v) is 15.7. The Morgan fingerprint density at radius 3 is 3.10 bits per heavy atom. The van der Waals surface area contributed by atoms with Gasteiger partial charge in [-0.05, 0) is 24.6 Å². The molecule has 3 aromatic rings. The van der Waals surface area contributed by atoms with E-state index >= 15 is 0 Å². The van der Waals surface area contributed by atoms with Gasteiger partial charge in [-0.3, -0.25) is 9.78 Å². The summed E-state index contributed by atoms with van der Waals surface area (Å²) in [5.41, 5.74) is 8.96. The number of hydrogen-bond donors (Lipinski definition) is 2. The molecule has 2 aliphatic rings. The average Bonchev–Trinajstić information content (AvgIpc) is 3.21. The van der Waals surface area contributed by atoms with E-state index in [4.69, 9.17) is 10.5 Å². The second-order valence-electron chi connectivity index (χ2n) is 7.28. The monoisotopic (exact) mass is 388 g/mol. The van der Waals surface area contributed by atoms with E-state index in [1.54, 1.807) is 18.6 Å². The van der Waals surface area contributed by atoms with Crippen molar-refractivity contribution in [3.63, 3.8) is 0 Å². The molecule has 4 heterocycles. The summed E-state index contributed by atoms with van der Waals surface area (Å²) in [5, 5.41) is 2.91. The Labute approximate surface area is 167 Å². The normalized spacial score (nSPS) is 18.1. The summed E-state index contributed by atoms with van der Waals surface area (Å²) in [4.78, 5) is 28.0. The van der Waals surface area contributed by atoms with E-state index in [2.05, 4.69) is 25.2 Å². The summed E-state index contributed by atoms with van der Waals surface area (Å²) < 4.78 is 6.06. The number of nitrogens with zero attached hydrogens (tertiary/aromatic N) is 4. The number of nitrogens with two attached hydrogens (primary N) is 1. The van der Waals surface area contributed by atoms with Gasteiger partial charge in [-0.1, -0.05) is 12.1 Å². The Hall–Kier alpha value is -3.68. The lowest BCUT2D eigenvalue weighted by Gasteiger charge is -2.22. The van der Waals surface area contributed by atoms with Gasteiger partial charge in [0.05, 0.1) is 36.1 Å². The molecule has 29 heavy (non-hydrogen) atoms. The van der Waals surface area contributed by atoms with E-state index in [0.29, 0.717) is 23.9 Å². The van der Waals surface area contributed by atoms with Crippen molar-refractivity contribution >= 4 is 23.1 Å². The molecule has 8 heteroatoms. The Kier molecular flexibility index (Phi) is 4.23. The summed E-state index contributed by atoms with van der Waals surface area (Å²) in [5.74, 6) is 0.834. The number of rotatable bonds is 0. The Morgan fingerprint density at radius 2 is 2.17 bits per heavy atom. The number of nitrogen functional groups attached to an aromatic ring is 1. The van der Waals surface area contributed by atoms with Crippen LogP contribution in [0.2, 0.25) is 0 Å². The van der Waals surface area contributed by atoms with Crippen molar-refractivity contribution in [3.05, 3.63) is 54.6 Å². The van der Waals surface area contributed by atoms with E-state index in [9.17, 15) is 4.79 Å². The maximum Gasteiger partial charge on any atom is 0.278 e. The van der Waals surface area contributed by atoms with Gasteiger partial charge in [0.1, 0.15) is 5.75 Å². The fourth-order valence-corrected chi connectivity index (χ4v) is 3.79. The third-order valence-electron chi connectivity index (χ3n) is 5.30. The minimum atomic E-state index is -0.413. The quantitative estimate of drug-likeness (QED) is 0.610. The van der Waals surface area contributed by atoms with E-state index < -0.39 is 5.91 Å². The van der Waals surface area contributed by atoms with Crippen molar-refractivity contribution in [1.29, 1.82) is 0 Å². The molecule has 8 nitrogen and oxygen atoms in total. The lowest BCUT2D eigenvalue weighted by molar-refractivity contribution is 0.102. The van der Waals surface area contributed by atoms with Gasteiger partial charge in [0.25, 0.3) is 5.91 Å². The van der Waals surface area contributed by atoms with E-state index in [0.717, 1.165) is 36.5 Å². The summed E-state index contributed by atoms with van der Waals surface area (Å²) in [6.45, 7) is 2.37. The number of amides is 1. The third-order valence-corrected chi connectivity index (χ3v) is 5.30. The molecule has 0 radical (unpaired) electrons. The lowest BCUT2D eigenvalue weighted by atomic mass is 10.1. The van der Waals surface area contributed by atoms with Crippen molar-refractivity contribution in [1.82, 2.24) is 15.0 Å². The first-order valence-corrected chi connectivity index (χ1v) is 9.53. The van der Waals surface area contributed by atoms with E-state index in [1.165, 1.54) is 0 Å². The number of carbonyl (C=O) groups is 1. The number of anilines is 3. The van der Waals surface area contributed by atoms with E-state index in [-0.39, 0.29) is 11.5 Å². The third kappa shape index (κ3) is 3.33. The predicted molar refractivity (Wildman–Crippen MR) is 110 cm³/mol. The number of ether oxygens (including phenoxy) is 1. The summed E-state index contributed by atoms with van der Waals surface area (Å²) in [6, 6.07) is 9.55. The first kappa shape index (κ1) is 17.4.